The number of hydrogen-bond donors (Lipinski definition) is 0. The van der Waals surface area contributed by atoms with E-state index < -0.39 is 8.07 Å². The van der Waals surface area contributed by atoms with Crippen LogP contribution in [0.3, 0.4) is 0 Å². The highest BCUT2D eigenvalue weighted by Gasteiger charge is 2.48. The zero-order valence-corrected chi connectivity index (χ0v) is 25.0. The molecular weight excluding hydrogens is 553 g/mol. The van der Waals surface area contributed by atoms with Gasteiger partial charge in [0, 0.05) is 11.1 Å². The van der Waals surface area contributed by atoms with Crippen LogP contribution < -0.4 is 25.5 Å². The molecule has 0 saturated heterocycles. The molecule has 7 aromatic rings. The lowest BCUT2D eigenvalue weighted by Gasteiger charge is -2.40. The molecule has 0 aliphatic carbocycles. The molecule has 0 radical (unpaired) electrons. The standard InChI is InChI=1S/C40H28N2OSi/c1-5-16-29(17-6-1)34-28-35(30-18-7-2-8-19-30)42-40(41-34)33-24-15-27-38-39(33)43-36-25-13-14-26-37(36)44(38,31-20-9-3-10-21-31)32-22-11-4-12-23-32/h1-28H. The predicted octanol–water partition coefficient (Wildman–Crippen LogP) is 6.96. The number of hydrogen-bond acceptors (Lipinski definition) is 3. The Bertz CT molecular complexity index is 1980. The Morgan fingerprint density at radius 2 is 0.909 bits per heavy atom. The summed E-state index contributed by atoms with van der Waals surface area (Å²) in [4.78, 5) is 10.4. The van der Waals surface area contributed by atoms with E-state index in [1.54, 1.807) is 0 Å². The van der Waals surface area contributed by atoms with Gasteiger partial charge in [0.1, 0.15) is 11.5 Å². The van der Waals surface area contributed by atoms with Gasteiger partial charge < -0.3 is 4.74 Å². The molecule has 6 aromatic carbocycles. The Morgan fingerprint density at radius 3 is 1.48 bits per heavy atom. The molecule has 0 N–H and O–H groups in total. The minimum absolute atomic E-state index is 0.644. The molecule has 0 amide bonds. The Balaban J connectivity index is 1.44. The Hall–Kier alpha value is -5.58. The second-order valence-corrected chi connectivity index (χ2v) is 14.7. The van der Waals surface area contributed by atoms with Crippen molar-refractivity contribution in [2.24, 2.45) is 0 Å². The van der Waals surface area contributed by atoms with Crippen molar-refractivity contribution in [1.82, 2.24) is 9.97 Å². The van der Waals surface area contributed by atoms with Gasteiger partial charge >= 0.3 is 0 Å². The van der Waals surface area contributed by atoms with Crippen LogP contribution in [0.15, 0.2) is 170 Å². The molecular formula is C40H28N2OSi. The molecule has 208 valence electrons. The minimum atomic E-state index is -2.78. The largest absolute Gasteiger partial charge is 0.457 e. The summed E-state index contributed by atoms with van der Waals surface area (Å²) in [5.41, 5.74) is 4.72. The SMILES string of the molecule is c1ccc(-c2cc(-c3ccccc3)nc(-c3cccc4c3Oc3ccccc3[Si]4(c3ccccc3)c3ccccc3)n2)cc1. The van der Waals surface area contributed by atoms with Gasteiger partial charge in [-0.05, 0) is 38.9 Å². The van der Waals surface area contributed by atoms with Crippen LogP contribution in [-0.4, -0.2) is 18.0 Å². The summed E-state index contributed by atoms with van der Waals surface area (Å²) in [5.74, 6) is 2.36. The number of rotatable bonds is 5. The van der Waals surface area contributed by atoms with E-state index >= 15 is 0 Å². The topological polar surface area (TPSA) is 35.0 Å². The smallest absolute Gasteiger partial charge is 0.188 e. The molecule has 3 nitrogen and oxygen atoms in total. The maximum absolute atomic E-state index is 6.91. The van der Waals surface area contributed by atoms with Gasteiger partial charge in [0.2, 0.25) is 0 Å². The highest BCUT2D eigenvalue weighted by Crippen LogP contribution is 2.37. The van der Waals surface area contributed by atoms with Crippen LogP contribution in [0.5, 0.6) is 11.5 Å². The fourth-order valence-electron chi connectivity index (χ4n) is 6.49. The summed E-state index contributed by atoms with van der Waals surface area (Å²) >= 11 is 0. The first-order chi connectivity index (χ1) is 21.8. The van der Waals surface area contributed by atoms with Gasteiger partial charge in [-0.25, -0.2) is 9.97 Å². The highest BCUT2D eigenvalue weighted by molar-refractivity contribution is 7.20. The van der Waals surface area contributed by atoms with E-state index in [9.17, 15) is 0 Å². The lowest BCUT2D eigenvalue weighted by Crippen LogP contribution is -2.76. The number of fused-ring (bicyclic) bond motifs is 2. The fourth-order valence-corrected chi connectivity index (χ4v) is 11.5. The molecule has 8 rings (SSSR count). The van der Waals surface area contributed by atoms with Gasteiger partial charge in [0.15, 0.2) is 13.9 Å². The molecule has 0 bridgehead atoms. The van der Waals surface area contributed by atoms with E-state index in [1.807, 2.05) is 36.4 Å². The van der Waals surface area contributed by atoms with Gasteiger partial charge in [-0.1, -0.05) is 152 Å². The zero-order valence-electron chi connectivity index (χ0n) is 24.0. The molecule has 0 saturated carbocycles. The second-order valence-electron chi connectivity index (χ2n) is 11.0. The summed E-state index contributed by atoms with van der Waals surface area (Å²) in [6, 6.07) is 59.6. The number of para-hydroxylation sites is 2. The number of ether oxygens (including phenoxy) is 1. The van der Waals surface area contributed by atoms with Crippen molar-refractivity contribution in [3.05, 3.63) is 170 Å². The number of benzene rings is 6. The average Bonchev–Trinajstić information content (AvgIpc) is 3.11. The van der Waals surface area contributed by atoms with Gasteiger partial charge in [0.25, 0.3) is 0 Å². The van der Waals surface area contributed by atoms with E-state index in [2.05, 4.69) is 133 Å². The molecule has 0 atom stereocenters. The summed E-state index contributed by atoms with van der Waals surface area (Å²) in [6.07, 6.45) is 0. The summed E-state index contributed by atoms with van der Waals surface area (Å²) in [7, 11) is -2.78. The predicted molar refractivity (Wildman–Crippen MR) is 182 cm³/mol. The summed E-state index contributed by atoms with van der Waals surface area (Å²) < 4.78 is 6.91. The molecule has 4 heteroatoms. The molecule has 1 aliphatic rings. The highest BCUT2D eigenvalue weighted by atomic mass is 28.3. The number of aromatic nitrogens is 2. The zero-order chi connectivity index (χ0) is 29.3. The Kier molecular flexibility index (Phi) is 6.47. The molecule has 1 aromatic heterocycles. The van der Waals surface area contributed by atoms with Crippen molar-refractivity contribution in [1.29, 1.82) is 0 Å². The first-order valence-corrected chi connectivity index (χ1v) is 16.8. The van der Waals surface area contributed by atoms with Crippen LogP contribution >= 0.6 is 0 Å². The monoisotopic (exact) mass is 580 g/mol. The van der Waals surface area contributed by atoms with Crippen LogP contribution in [0.4, 0.5) is 0 Å². The van der Waals surface area contributed by atoms with Gasteiger partial charge in [0.05, 0.1) is 17.0 Å². The van der Waals surface area contributed by atoms with E-state index in [-0.39, 0.29) is 0 Å². The van der Waals surface area contributed by atoms with E-state index in [0.29, 0.717) is 5.82 Å². The molecule has 44 heavy (non-hydrogen) atoms. The van der Waals surface area contributed by atoms with E-state index in [4.69, 9.17) is 14.7 Å². The van der Waals surface area contributed by atoms with Crippen LogP contribution in [0.2, 0.25) is 0 Å². The van der Waals surface area contributed by atoms with Crippen molar-refractivity contribution < 1.29 is 4.74 Å². The third-order valence-electron chi connectivity index (χ3n) is 8.44. The maximum atomic E-state index is 6.91. The van der Waals surface area contributed by atoms with Crippen molar-refractivity contribution >= 4 is 28.8 Å². The van der Waals surface area contributed by atoms with Crippen LogP contribution in [0.25, 0.3) is 33.9 Å². The van der Waals surface area contributed by atoms with E-state index in [1.165, 1.54) is 20.7 Å². The Morgan fingerprint density at radius 1 is 0.432 bits per heavy atom. The van der Waals surface area contributed by atoms with Crippen molar-refractivity contribution in [2.75, 3.05) is 0 Å². The van der Waals surface area contributed by atoms with E-state index in [0.717, 1.165) is 39.6 Å². The first kappa shape index (κ1) is 26.1. The quantitative estimate of drug-likeness (QED) is 0.207. The summed E-state index contributed by atoms with van der Waals surface area (Å²) in [6.45, 7) is 0. The van der Waals surface area contributed by atoms with Crippen LogP contribution in [0.1, 0.15) is 0 Å². The van der Waals surface area contributed by atoms with Crippen LogP contribution in [0, 0.1) is 0 Å². The van der Waals surface area contributed by atoms with Gasteiger partial charge in [-0.2, -0.15) is 0 Å². The van der Waals surface area contributed by atoms with Gasteiger partial charge in [-0.15, -0.1) is 0 Å². The Labute approximate surface area is 258 Å². The minimum Gasteiger partial charge on any atom is -0.457 e. The van der Waals surface area contributed by atoms with Crippen molar-refractivity contribution in [2.45, 2.75) is 0 Å². The van der Waals surface area contributed by atoms with Crippen LogP contribution in [-0.2, 0) is 0 Å². The lowest BCUT2D eigenvalue weighted by atomic mass is 10.1. The van der Waals surface area contributed by atoms with Crippen molar-refractivity contribution in [3.63, 3.8) is 0 Å². The average molecular weight is 581 g/mol. The molecule has 1 aliphatic heterocycles. The van der Waals surface area contributed by atoms with Gasteiger partial charge in [-0.3, -0.25) is 0 Å². The normalized spacial score (nSPS) is 12.9. The molecule has 0 fully saturated rings. The van der Waals surface area contributed by atoms with Crippen molar-refractivity contribution in [3.8, 4) is 45.4 Å². The molecule has 0 unspecified atom stereocenters. The fraction of sp³-hybridized carbons (Fsp3) is 0. The number of nitrogens with zero attached hydrogens (tertiary/aromatic N) is 2. The summed E-state index contributed by atoms with van der Waals surface area (Å²) in [5, 5.41) is 5.06. The lowest BCUT2D eigenvalue weighted by molar-refractivity contribution is 0.488. The first-order valence-electron chi connectivity index (χ1n) is 14.8. The third-order valence-corrected chi connectivity index (χ3v) is 13.3. The molecule has 0 spiro atoms. The maximum Gasteiger partial charge on any atom is 0.188 e. The molecule has 2 heterocycles. The second kappa shape index (κ2) is 10.9. The third kappa shape index (κ3) is 4.27.